The first kappa shape index (κ1) is 20.4. The number of carbonyl (C=O) groups is 1. The summed E-state index contributed by atoms with van der Waals surface area (Å²) in [6, 6.07) is 6.38. The molecule has 0 saturated heterocycles. The highest BCUT2D eigenvalue weighted by Gasteiger charge is 2.31. The number of benzene rings is 1. The maximum Gasteiger partial charge on any atom is 0.285 e. The standard InChI is InChI=1S/C18H17ClF3N4OP/c19-16-11(2-1-3-12(16)18(21,22)28)17(27)26-7-5-14(13(23)9-26)25-15-8-10(20)4-6-24-15/h1-4,6,8H,5,7,9,23,28H2,(H,24,25). The average molecular weight is 429 g/mol. The number of anilines is 1. The Morgan fingerprint density at radius 3 is 2.75 bits per heavy atom. The number of rotatable bonds is 4. The number of amides is 1. The number of halogens is 4. The second-order valence-corrected chi connectivity index (χ2v) is 7.36. The summed E-state index contributed by atoms with van der Waals surface area (Å²) in [6.07, 6.45) is 1.69. The van der Waals surface area contributed by atoms with E-state index in [1.54, 1.807) is 0 Å². The van der Waals surface area contributed by atoms with Gasteiger partial charge in [0.1, 0.15) is 11.6 Å². The Kier molecular flexibility index (Phi) is 5.82. The topological polar surface area (TPSA) is 71.2 Å². The molecular weight excluding hydrogens is 412 g/mol. The summed E-state index contributed by atoms with van der Waals surface area (Å²) in [5, 5.41) is 2.66. The van der Waals surface area contributed by atoms with Crippen molar-refractivity contribution in [1.82, 2.24) is 9.88 Å². The molecule has 3 N–H and O–H groups in total. The minimum Gasteiger partial charge on any atom is -0.399 e. The molecule has 0 spiro atoms. The van der Waals surface area contributed by atoms with E-state index in [1.807, 2.05) is 0 Å². The van der Waals surface area contributed by atoms with Crippen molar-refractivity contribution in [3.8, 4) is 0 Å². The summed E-state index contributed by atoms with van der Waals surface area (Å²) in [5.41, 5.74) is 3.34. The van der Waals surface area contributed by atoms with Crippen LogP contribution in [0.2, 0.25) is 5.02 Å². The summed E-state index contributed by atoms with van der Waals surface area (Å²) in [5.74, 6) is -0.632. The molecule has 5 nitrogen and oxygen atoms in total. The van der Waals surface area contributed by atoms with Crippen LogP contribution >= 0.6 is 20.8 Å². The SMILES string of the molecule is NC1=C(Nc2cc(F)ccn2)CCN(C(=O)c2cccc(C(F)(F)P)c2Cl)C1. The molecule has 0 saturated carbocycles. The van der Waals surface area contributed by atoms with E-state index in [-0.39, 0.29) is 23.7 Å². The molecule has 0 bridgehead atoms. The largest absolute Gasteiger partial charge is 0.399 e. The zero-order valence-corrected chi connectivity index (χ0v) is 16.5. The van der Waals surface area contributed by atoms with E-state index in [0.717, 1.165) is 0 Å². The second-order valence-electron chi connectivity index (χ2n) is 6.25. The molecule has 10 heteroatoms. The minimum atomic E-state index is -3.25. The molecule has 28 heavy (non-hydrogen) atoms. The van der Waals surface area contributed by atoms with Crippen molar-refractivity contribution in [2.45, 2.75) is 12.1 Å². The third-order valence-electron chi connectivity index (χ3n) is 4.26. The summed E-state index contributed by atoms with van der Waals surface area (Å²) < 4.78 is 40.6. The van der Waals surface area contributed by atoms with Crippen molar-refractivity contribution in [2.24, 2.45) is 5.73 Å². The Balaban J connectivity index is 1.78. The predicted octanol–water partition coefficient (Wildman–Crippen LogP) is 3.93. The number of nitrogens with two attached hydrogens (primary N) is 1. The Morgan fingerprint density at radius 1 is 1.36 bits per heavy atom. The van der Waals surface area contributed by atoms with Crippen LogP contribution in [0.25, 0.3) is 0 Å². The van der Waals surface area contributed by atoms with Gasteiger partial charge in [0.2, 0.25) is 0 Å². The molecule has 1 unspecified atom stereocenters. The van der Waals surface area contributed by atoms with E-state index in [2.05, 4.69) is 10.3 Å². The lowest BCUT2D eigenvalue weighted by molar-refractivity contribution is 0.0762. The first-order chi connectivity index (χ1) is 13.2. The van der Waals surface area contributed by atoms with E-state index in [0.29, 0.717) is 23.6 Å². The predicted molar refractivity (Wildman–Crippen MR) is 105 cm³/mol. The van der Waals surface area contributed by atoms with Gasteiger partial charge in [0.05, 0.1) is 17.1 Å². The number of nitrogens with one attached hydrogen (secondary N) is 1. The number of alkyl halides is 2. The molecule has 1 amide bonds. The van der Waals surface area contributed by atoms with E-state index in [1.165, 1.54) is 50.7 Å². The molecular formula is C18H17ClF3N4OP. The molecule has 0 radical (unpaired) electrons. The van der Waals surface area contributed by atoms with Crippen molar-refractivity contribution in [1.29, 1.82) is 0 Å². The molecule has 1 aromatic carbocycles. The van der Waals surface area contributed by atoms with E-state index >= 15 is 0 Å². The van der Waals surface area contributed by atoms with Crippen LogP contribution in [0.4, 0.5) is 19.0 Å². The van der Waals surface area contributed by atoms with Crippen molar-refractivity contribution < 1.29 is 18.0 Å². The lowest BCUT2D eigenvalue weighted by Gasteiger charge is -2.30. The van der Waals surface area contributed by atoms with Gasteiger partial charge < -0.3 is 16.0 Å². The highest BCUT2D eigenvalue weighted by molar-refractivity contribution is 7.17. The monoisotopic (exact) mass is 428 g/mol. The zero-order chi connectivity index (χ0) is 20.5. The van der Waals surface area contributed by atoms with E-state index in [9.17, 15) is 18.0 Å². The van der Waals surface area contributed by atoms with Crippen LogP contribution in [0.15, 0.2) is 47.9 Å². The van der Waals surface area contributed by atoms with Gasteiger partial charge in [0.15, 0.2) is 0 Å². The van der Waals surface area contributed by atoms with E-state index < -0.39 is 23.0 Å². The van der Waals surface area contributed by atoms with Gasteiger partial charge in [-0.3, -0.25) is 4.79 Å². The number of carbonyl (C=O) groups excluding carboxylic acids is 1. The van der Waals surface area contributed by atoms with Crippen molar-refractivity contribution in [2.75, 3.05) is 18.4 Å². The number of hydrogen-bond donors (Lipinski definition) is 2. The smallest absolute Gasteiger partial charge is 0.285 e. The average Bonchev–Trinajstić information content (AvgIpc) is 2.62. The maximum atomic E-state index is 13.6. The lowest BCUT2D eigenvalue weighted by Crippen LogP contribution is -2.40. The Hall–Kier alpha value is -2.31. The molecule has 1 atom stereocenters. The molecule has 1 aliphatic heterocycles. The molecule has 148 valence electrons. The fraction of sp³-hybridized carbons (Fsp3) is 0.222. The third-order valence-corrected chi connectivity index (χ3v) is 4.98. The minimum absolute atomic E-state index is 0.0164. The van der Waals surface area contributed by atoms with Gasteiger partial charge in [-0.25, -0.2) is 9.37 Å². The van der Waals surface area contributed by atoms with Gasteiger partial charge in [0, 0.05) is 42.2 Å². The Labute approximate surface area is 167 Å². The van der Waals surface area contributed by atoms with Crippen molar-refractivity contribution in [3.05, 3.63) is 69.9 Å². The van der Waals surface area contributed by atoms with Crippen LogP contribution in [0, 0.1) is 5.82 Å². The zero-order valence-electron chi connectivity index (χ0n) is 14.6. The number of aromatic nitrogens is 1. The maximum absolute atomic E-state index is 13.6. The van der Waals surface area contributed by atoms with Gasteiger partial charge in [-0.2, -0.15) is 8.78 Å². The fourth-order valence-corrected chi connectivity index (χ4v) is 3.52. The highest BCUT2D eigenvalue weighted by atomic mass is 35.5. The van der Waals surface area contributed by atoms with Gasteiger partial charge in [-0.1, -0.05) is 33.0 Å². The van der Waals surface area contributed by atoms with Gasteiger partial charge in [0.25, 0.3) is 11.6 Å². The summed E-state index contributed by atoms with van der Waals surface area (Å²) in [4.78, 5) is 18.2. The molecule has 3 rings (SSSR count). The van der Waals surface area contributed by atoms with Crippen molar-refractivity contribution >= 4 is 32.6 Å². The number of pyridine rings is 1. The number of nitrogens with zero attached hydrogens (tertiary/aromatic N) is 2. The summed E-state index contributed by atoms with van der Waals surface area (Å²) >= 11 is 6.05. The first-order valence-corrected chi connectivity index (χ1v) is 9.23. The molecule has 0 fully saturated rings. The van der Waals surface area contributed by atoms with Crippen LogP contribution in [-0.2, 0) is 5.66 Å². The Morgan fingerprint density at radius 2 is 2.11 bits per heavy atom. The summed E-state index contributed by atoms with van der Waals surface area (Å²) in [7, 11) is 1.41. The lowest BCUT2D eigenvalue weighted by atomic mass is 10.1. The number of hydrogen-bond acceptors (Lipinski definition) is 4. The van der Waals surface area contributed by atoms with Crippen LogP contribution in [0.5, 0.6) is 0 Å². The third kappa shape index (κ3) is 4.39. The highest BCUT2D eigenvalue weighted by Crippen LogP contribution is 2.40. The van der Waals surface area contributed by atoms with Gasteiger partial charge in [-0.15, -0.1) is 0 Å². The molecule has 2 heterocycles. The molecule has 2 aromatic rings. The quantitative estimate of drug-likeness (QED) is 0.724. The normalized spacial score (nSPS) is 15.0. The van der Waals surface area contributed by atoms with Gasteiger partial charge in [-0.05, 0) is 12.1 Å². The van der Waals surface area contributed by atoms with Crippen LogP contribution in [-0.4, -0.2) is 28.9 Å². The van der Waals surface area contributed by atoms with Gasteiger partial charge >= 0.3 is 0 Å². The fourth-order valence-electron chi connectivity index (χ4n) is 2.86. The second kappa shape index (κ2) is 7.97. The van der Waals surface area contributed by atoms with E-state index in [4.69, 9.17) is 17.3 Å². The molecule has 1 aliphatic rings. The van der Waals surface area contributed by atoms with Crippen LogP contribution < -0.4 is 11.1 Å². The van der Waals surface area contributed by atoms with Crippen LogP contribution in [0.3, 0.4) is 0 Å². The van der Waals surface area contributed by atoms with Crippen LogP contribution in [0.1, 0.15) is 22.3 Å². The first-order valence-electron chi connectivity index (χ1n) is 8.28. The molecule has 0 aliphatic carbocycles. The molecule has 1 aromatic heterocycles. The van der Waals surface area contributed by atoms with Crippen molar-refractivity contribution in [3.63, 3.8) is 0 Å². The summed E-state index contributed by atoms with van der Waals surface area (Å²) in [6.45, 7) is 0.364. The Bertz CT molecular complexity index is 949.